The molecule has 6 rings (SSSR count). The number of fused-ring (bicyclic) bond motifs is 3. The summed E-state index contributed by atoms with van der Waals surface area (Å²) in [5.41, 5.74) is -0.934. The van der Waals surface area contributed by atoms with Crippen molar-refractivity contribution in [3.05, 3.63) is 41.0 Å². The molecule has 1 aliphatic carbocycles. The molecule has 0 spiro atoms. The number of anilines is 1. The van der Waals surface area contributed by atoms with E-state index in [0.29, 0.717) is 29.0 Å². The van der Waals surface area contributed by atoms with E-state index in [1.807, 2.05) is 16.8 Å². The Morgan fingerprint density at radius 2 is 2.00 bits per heavy atom. The average molecular weight is 472 g/mol. The number of hydrogen-bond acceptors (Lipinski definition) is 7. The van der Waals surface area contributed by atoms with Crippen LogP contribution in [0.25, 0.3) is 0 Å². The van der Waals surface area contributed by atoms with Crippen LogP contribution >= 0.6 is 11.3 Å². The maximum Gasteiger partial charge on any atom is 0.343 e. The summed E-state index contributed by atoms with van der Waals surface area (Å²) in [4.78, 5) is 34.2. The molecule has 1 unspecified atom stereocenters. The largest absolute Gasteiger partial charge is 0.454 e. The van der Waals surface area contributed by atoms with E-state index in [2.05, 4.69) is 15.3 Å². The Labute approximate surface area is 197 Å². The van der Waals surface area contributed by atoms with Crippen molar-refractivity contribution < 1.29 is 23.9 Å². The molecule has 2 aromatic heterocycles. The lowest BCUT2D eigenvalue weighted by molar-refractivity contribution is -0.939. The minimum absolute atomic E-state index is 0.0974. The Kier molecular flexibility index (Phi) is 6.20. The predicted octanol–water partition coefficient (Wildman–Crippen LogP) is 2.71. The van der Waals surface area contributed by atoms with Crippen LogP contribution in [0.1, 0.15) is 44.1 Å². The van der Waals surface area contributed by atoms with Crippen LogP contribution in [0.5, 0.6) is 0 Å². The molecule has 3 saturated heterocycles. The SMILES string of the molecule is O=C(C[N+]12CCC(CC1)C(OC(=O)[C@](O)(c1ccsc1)C1CCCC1)C2)Nc1ccncn1. The number of thiophene rings is 1. The van der Waals surface area contributed by atoms with Crippen LogP contribution in [0.2, 0.25) is 0 Å². The third-order valence-corrected chi connectivity index (χ3v) is 8.53. The molecule has 9 heteroatoms. The van der Waals surface area contributed by atoms with E-state index in [1.54, 1.807) is 12.3 Å². The standard InChI is InChI=1S/C24H30N4O4S/c29-22(27-21-5-9-25-16-26-21)14-28-10-6-17(7-11-28)20(13-28)32-23(30)24(31,18-3-1-2-4-18)19-8-12-33-15-19/h5,8-9,12,15-18,20,31H,1-4,6-7,10-11,13-14H2/p+1/t17?,20?,24-,28?/m1/s1. The Morgan fingerprint density at radius 1 is 1.21 bits per heavy atom. The Bertz CT molecular complexity index is 972. The van der Waals surface area contributed by atoms with Crippen molar-refractivity contribution in [2.45, 2.75) is 50.2 Å². The molecule has 2 N–H and O–H groups in total. The van der Waals surface area contributed by atoms with Crippen molar-refractivity contribution in [2.24, 2.45) is 11.8 Å². The zero-order chi connectivity index (χ0) is 22.9. The second-order valence-electron chi connectivity index (χ2n) is 9.81. The number of esters is 1. The lowest BCUT2D eigenvalue weighted by Gasteiger charge is -2.51. The fourth-order valence-corrected chi connectivity index (χ4v) is 6.71. The van der Waals surface area contributed by atoms with Crippen LogP contribution < -0.4 is 5.32 Å². The van der Waals surface area contributed by atoms with E-state index in [1.165, 1.54) is 17.7 Å². The average Bonchev–Trinajstić information content (AvgIpc) is 3.54. The first-order valence-corrected chi connectivity index (χ1v) is 12.8. The van der Waals surface area contributed by atoms with E-state index in [4.69, 9.17) is 4.74 Å². The van der Waals surface area contributed by atoms with Gasteiger partial charge < -0.3 is 19.6 Å². The number of piperidine rings is 3. The van der Waals surface area contributed by atoms with Gasteiger partial charge >= 0.3 is 5.97 Å². The van der Waals surface area contributed by atoms with Gasteiger partial charge in [-0.2, -0.15) is 11.3 Å². The Hall–Kier alpha value is -2.36. The van der Waals surface area contributed by atoms with Gasteiger partial charge in [-0.15, -0.1) is 0 Å². The van der Waals surface area contributed by atoms with E-state index in [0.717, 1.165) is 51.6 Å². The summed E-state index contributed by atoms with van der Waals surface area (Å²) in [5, 5.41) is 18.3. The van der Waals surface area contributed by atoms with Gasteiger partial charge in [0.25, 0.3) is 5.91 Å². The number of quaternary nitrogens is 1. The molecule has 1 saturated carbocycles. The van der Waals surface area contributed by atoms with Gasteiger partial charge in [-0.3, -0.25) is 4.79 Å². The van der Waals surface area contributed by atoms with Crippen molar-refractivity contribution in [1.82, 2.24) is 9.97 Å². The molecular weight excluding hydrogens is 440 g/mol. The molecule has 3 aliphatic heterocycles. The van der Waals surface area contributed by atoms with E-state index >= 15 is 0 Å². The minimum Gasteiger partial charge on any atom is -0.454 e. The van der Waals surface area contributed by atoms with Gasteiger partial charge in [-0.05, 0) is 35.7 Å². The van der Waals surface area contributed by atoms with Gasteiger partial charge in [0.15, 0.2) is 18.2 Å². The number of rotatable bonds is 7. The Balaban J connectivity index is 1.28. The second-order valence-corrected chi connectivity index (χ2v) is 10.6. The van der Waals surface area contributed by atoms with Gasteiger partial charge in [-0.1, -0.05) is 12.8 Å². The van der Waals surface area contributed by atoms with E-state index < -0.39 is 11.6 Å². The molecule has 5 heterocycles. The first-order valence-electron chi connectivity index (χ1n) is 11.9. The molecule has 2 bridgehead atoms. The summed E-state index contributed by atoms with van der Waals surface area (Å²) in [6.45, 7) is 2.72. The Morgan fingerprint density at radius 3 is 2.67 bits per heavy atom. The summed E-state index contributed by atoms with van der Waals surface area (Å²) in [7, 11) is 0. The maximum atomic E-state index is 13.5. The van der Waals surface area contributed by atoms with Crippen LogP contribution in [0.4, 0.5) is 5.82 Å². The van der Waals surface area contributed by atoms with Gasteiger partial charge in [0.05, 0.1) is 13.1 Å². The molecule has 33 heavy (non-hydrogen) atoms. The molecule has 0 radical (unpaired) electrons. The summed E-state index contributed by atoms with van der Waals surface area (Å²) < 4.78 is 6.70. The highest BCUT2D eigenvalue weighted by molar-refractivity contribution is 7.08. The lowest BCUT2D eigenvalue weighted by Crippen LogP contribution is -2.66. The molecule has 8 nitrogen and oxygen atoms in total. The smallest absolute Gasteiger partial charge is 0.343 e. The number of nitrogens with zero attached hydrogens (tertiary/aromatic N) is 3. The summed E-state index contributed by atoms with van der Waals surface area (Å²) in [5.74, 6) is 0.0482. The van der Waals surface area contributed by atoms with Crippen LogP contribution in [-0.4, -0.2) is 63.7 Å². The van der Waals surface area contributed by atoms with Crippen molar-refractivity contribution in [3.8, 4) is 0 Å². The van der Waals surface area contributed by atoms with Crippen molar-refractivity contribution in [3.63, 3.8) is 0 Å². The highest BCUT2D eigenvalue weighted by Crippen LogP contribution is 2.43. The van der Waals surface area contributed by atoms with E-state index in [-0.39, 0.29) is 23.8 Å². The summed E-state index contributed by atoms with van der Waals surface area (Å²) in [6, 6.07) is 3.51. The topological polar surface area (TPSA) is 101 Å². The molecule has 0 aromatic carbocycles. The van der Waals surface area contributed by atoms with Crippen LogP contribution in [0.3, 0.4) is 0 Å². The van der Waals surface area contributed by atoms with Crippen LogP contribution in [0, 0.1) is 11.8 Å². The van der Waals surface area contributed by atoms with Crippen molar-refractivity contribution in [2.75, 3.05) is 31.5 Å². The summed E-state index contributed by atoms with van der Waals surface area (Å²) >= 11 is 1.48. The number of hydrogen-bond donors (Lipinski definition) is 2. The highest BCUT2D eigenvalue weighted by atomic mass is 32.1. The second kappa shape index (κ2) is 9.12. The van der Waals surface area contributed by atoms with E-state index in [9.17, 15) is 14.7 Å². The normalized spacial score (nSPS) is 28.9. The van der Waals surface area contributed by atoms with Crippen LogP contribution in [0.15, 0.2) is 35.4 Å². The number of ether oxygens (including phenoxy) is 1. The molecule has 1 amide bonds. The number of carbonyl (C=O) groups is 2. The zero-order valence-electron chi connectivity index (χ0n) is 18.7. The number of carbonyl (C=O) groups excluding carboxylic acids is 2. The molecule has 176 valence electrons. The third-order valence-electron chi connectivity index (χ3n) is 7.85. The molecule has 4 fully saturated rings. The quantitative estimate of drug-likeness (QED) is 0.476. The predicted molar refractivity (Wildman–Crippen MR) is 123 cm³/mol. The van der Waals surface area contributed by atoms with Crippen molar-refractivity contribution >= 4 is 29.0 Å². The lowest BCUT2D eigenvalue weighted by atomic mass is 9.80. The first kappa shape index (κ1) is 22.4. The molecule has 2 atom stereocenters. The van der Waals surface area contributed by atoms with Gasteiger partial charge in [-0.25, -0.2) is 14.8 Å². The molecule has 2 aromatic rings. The number of amides is 1. The maximum absolute atomic E-state index is 13.5. The molecular formula is C24H31N4O4S+. The van der Waals surface area contributed by atoms with Gasteiger partial charge in [0.1, 0.15) is 18.7 Å². The number of aromatic nitrogens is 2. The number of aliphatic hydroxyl groups is 1. The third kappa shape index (κ3) is 4.41. The van der Waals surface area contributed by atoms with Crippen LogP contribution in [-0.2, 0) is 19.9 Å². The minimum atomic E-state index is -1.59. The zero-order valence-corrected chi connectivity index (χ0v) is 19.5. The monoisotopic (exact) mass is 471 g/mol. The van der Waals surface area contributed by atoms with Gasteiger partial charge in [0.2, 0.25) is 0 Å². The highest BCUT2D eigenvalue weighted by Gasteiger charge is 2.53. The van der Waals surface area contributed by atoms with Crippen molar-refractivity contribution in [1.29, 1.82) is 0 Å². The fraction of sp³-hybridized carbons (Fsp3) is 0.583. The molecule has 4 aliphatic rings. The fourth-order valence-electron chi connectivity index (χ4n) is 6.00. The number of nitrogens with one attached hydrogen (secondary N) is 1. The first-order chi connectivity index (χ1) is 16.0. The summed E-state index contributed by atoms with van der Waals surface area (Å²) in [6.07, 6.45) is 8.27. The van der Waals surface area contributed by atoms with Gasteiger partial charge in [0, 0.05) is 36.4 Å².